The summed E-state index contributed by atoms with van der Waals surface area (Å²) in [5, 5.41) is 7.79. The highest BCUT2D eigenvalue weighted by Gasteiger charge is 2.18. The molecule has 0 atom stereocenters. The first-order valence-electron chi connectivity index (χ1n) is 12.9. The second-order valence-corrected chi connectivity index (χ2v) is 10.9. The number of rotatable bonds is 8. The van der Waals surface area contributed by atoms with Crippen LogP contribution in [0.3, 0.4) is 0 Å². The van der Waals surface area contributed by atoms with Crippen LogP contribution in [0.25, 0.3) is 11.0 Å². The molecule has 1 aliphatic rings. The molecular weight excluding hydrogens is 514 g/mol. The van der Waals surface area contributed by atoms with Crippen LogP contribution in [0.15, 0.2) is 48.7 Å². The van der Waals surface area contributed by atoms with Crippen LogP contribution in [0, 0.1) is 12.8 Å². The van der Waals surface area contributed by atoms with Gasteiger partial charge in [-0.3, -0.25) is 0 Å². The quantitative estimate of drug-likeness (QED) is 0.203. The van der Waals surface area contributed by atoms with Gasteiger partial charge in [-0.1, -0.05) is 32.0 Å². The molecule has 0 radical (unpaired) electrons. The monoisotopic (exact) mass is 551 g/mol. The Morgan fingerprint density at radius 2 is 1.87 bits per heavy atom. The molecule has 39 heavy (non-hydrogen) atoms. The fraction of sp³-hybridized carbons (Fsp3) is 0.357. The minimum Gasteiger partial charge on any atom is -0.495 e. The number of aryl methyl sites for hydroxylation is 1. The first kappa shape index (κ1) is 28.3. The average molecular weight is 552 g/mol. The van der Waals surface area contributed by atoms with Gasteiger partial charge in [0.05, 0.1) is 18.2 Å². The van der Waals surface area contributed by atoms with Crippen molar-refractivity contribution in [3.63, 3.8) is 0 Å². The van der Waals surface area contributed by atoms with Gasteiger partial charge < -0.3 is 25.3 Å². The molecule has 1 aliphatic heterocycles. The number of benzene rings is 2. The molecule has 3 heterocycles. The highest BCUT2D eigenvalue weighted by Crippen LogP contribution is 2.34. The lowest BCUT2D eigenvalue weighted by molar-refractivity contribution is 0.312. The van der Waals surface area contributed by atoms with Gasteiger partial charge in [0.1, 0.15) is 17.2 Å². The molecule has 0 saturated carbocycles. The number of aromatic nitrogens is 3. The van der Waals surface area contributed by atoms with Gasteiger partial charge in [-0.2, -0.15) is 9.97 Å². The van der Waals surface area contributed by atoms with E-state index >= 15 is 0 Å². The van der Waals surface area contributed by atoms with Crippen LogP contribution in [-0.4, -0.2) is 55.5 Å². The Morgan fingerprint density at radius 1 is 1.08 bits per heavy atom. The number of nitrogens with zero attached hydrogens (tertiary/aromatic N) is 3. The zero-order valence-electron chi connectivity index (χ0n) is 23.0. The molecule has 4 N–H and O–H groups in total. The Hall–Kier alpha value is -3.67. The number of likely N-dealkylation sites (N-methyl/N-ethyl adjacent to an activating group) is 1. The number of para-hydroxylation sites is 1. The van der Waals surface area contributed by atoms with Crippen molar-refractivity contribution in [1.82, 2.24) is 24.6 Å². The SMILES string of the molecule is CC(C)CN[SH](=O)=O.COc1cc2c(cc1Nc1nc(Nc3ccccc3C)c3cc[nH]c3n1)CN(C)CC2. The van der Waals surface area contributed by atoms with E-state index < -0.39 is 10.9 Å². The van der Waals surface area contributed by atoms with Gasteiger partial charge >= 0.3 is 0 Å². The maximum Gasteiger partial charge on any atom is 0.231 e. The van der Waals surface area contributed by atoms with Crippen LogP contribution >= 0.6 is 0 Å². The number of anilines is 4. The van der Waals surface area contributed by atoms with Crippen molar-refractivity contribution in [1.29, 1.82) is 0 Å². The molecule has 0 saturated heterocycles. The van der Waals surface area contributed by atoms with E-state index in [-0.39, 0.29) is 0 Å². The molecule has 0 bridgehead atoms. The number of nitrogens with one attached hydrogen (secondary N) is 4. The number of fused-ring (bicyclic) bond motifs is 2. The zero-order valence-corrected chi connectivity index (χ0v) is 23.9. The smallest absolute Gasteiger partial charge is 0.231 e. The fourth-order valence-corrected chi connectivity index (χ4v) is 4.82. The Morgan fingerprint density at radius 3 is 2.56 bits per heavy atom. The summed E-state index contributed by atoms with van der Waals surface area (Å²) in [5.41, 5.74) is 6.44. The number of thiol groups is 1. The van der Waals surface area contributed by atoms with Crippen molar-refractivity contribution in [2.75, 3.05) is 37.9 Å². The largest absolute Gasteiger partial charge is 0.495 e. The second kappa shape index (κ2) is 12.9. The summed E-state index contributed by atoms with van der Waals surface area (Å²) in [5.74, 6) is 2.45. The molecule has 2 aromatic heterocycles. The van der Waals surface area contributed by atoms with E-state index in [1.54, 1.807) is 7.11 Å². The molecule has 11 heteroatoms. The van der Waals surface area contributed by atoms with Gasteiger partial charge in [-0.25, -0.2) is 13.1 Å². The molecule has 2 aromatic carbocycles. The molecule has 0 amide bonds. The zero-order chi connectivity index (χ0) is 27.9. The van der Waals surface area contributed by atoms with E-state index in [9.17, 15) is 8.42 Å². The Bertz CT molecular complexity index is 1490. The summed E-state index contributed by atoms with van der Waals surface area (Å²) in [6, 6.07) is 14.4. The van der Waals surface area contributed by atoms with E-state index in [4.69, 9.17) is 9.72 Å². The highest BCUT2D eigenvalue weighted by atomic mass is 32.2. The minimum absolute atomic E-state index is 0.392. The molecule has 4 aromatic rings. The van der Waals surface area contributed by atoms with Gasteiger partial charge in [-0.05, 0) is 67.3 Å². The number of aromatic amines is 1. The van der Waals surface area contributed by atoms with Crippen LogP contribution in [-0.2, 0) is 23.9 Å². The van der Waals surface area contributed by atoms with Crippen LogP contribution < -0.4 is 20.1 Å². The summed E-state index contributed by atoms with van der Waals surface area (Å²) < 4.78 is 27.6. The Kier molecular flexibility index (Phi) is 9.39. The summed E-state index contributed by atoms with van der Waals surface area (Å²) in [6.45, 7) is 8.50. The number of H-pyrrole nitrogens is 1. The van der Waals surface area contributed by atoms with Crippen LogP contribution in [0.5, 0.6) is 5.75 Å². The third-order valence-corrected chi connectivity index (χ3v) is 6.85. The maximum absolute atomic E-state index is 9.83. The predicted molar refractivity (Wildman–Crippen MR) is 158 cm³/mol. The standard InChI is InChI=1S/C24H26N6O.C4H11NO2S/c1-15-6-4-5-7-19(15)26-23-18-8-10-25-22(18)28-24(29-23)27-20-12-17-14-30(2)11-9-16(17)13-21(20)31-3;1-4(2)3-5-8(6)7/h4-8,10,12-13H,9,11,14H2,1-3H3,(H3,25,26,27,28,29);4,8H,3H2,1-2H3,(H,5,6,7). The third-order valence-electron chi connectivity index (χ3n) is 6.41. The van der Waals surface area contributed by atoms with Crippen LogP contribution in [0.1, 0.15) is 30.5 Å². The van der Waals surface area contributed by atoms with Crippen molar-refractivity contribution in [3.05, 3.63) is 65.4 Å². The van der Waals surface area contributed by atoms with Crippen molar-refractivity contribution in [2.24, 2.45) is 5.92 Å². The number of hydrogen-bond donors (Lipinski definition) is 5. The fourth-order valence-electron chi connectivity index (χ4n) is 4.31. The molecule has 0 unspecified atom stereocenters. The number of methoxy groups -OCH3 is 1. The Balaban J connectivity index is 0.000000386. The van der Waals surface area contributed by atoms with Gasteiger partial charge in [0.2, 0.25) is 16.8 Å². The molecule has 0 fully saturated rings. The molecule has 5 rings (SSSR count). The van der Waals surface area contributed by atoms with E-state index in [1.165, 1.54) is 11.1 Å². The lowest BCUT2D eigenvalue weighted by atomic mass is 9.99. The Labute approximate surface area is 231 Å². The molecule has 0 aliphatic carbocycles. The minimum atomic E-state index is -2.38. The van der Waals surface area contributed by atoms with Gasteiger partial charge in [-0.15, -0.1) is 0 Å². The van der Waals surface area contributed by atoms with Gasteiger partial charge in [0, 0.05) is 31.5 Å². The number of hydrogen-bond acceptors (Lipinski definition) is 8. The normalized spacial score (nSPS) is 13.2. The maximum atomic E-state index is 9.83. The van der Waals surface area contributed by atoms with Gasteiger partial charge in [0.25, 0.3) is 0 Å². The van der Waals surface area contributed by atoms with Crippen molar-refractivity contribution in [2.45, 2.75) is 33.7 Å². The van der Waals surface area contributed by atoms with Crippen LogP contribution in [0.2, 0.25) is 0 Å². The first-order valence-corrected chi connectivity index (χ1v) is 14.1. The van der Waals surface area contributed by atoms with Gasteiger partial charge in [0.15, 0.2) is 0 Å². The van der Waals surface area contributed by atoms with Crippen molar-refractivity contribution in [3.8, 4) is 5.75 Å². The van der Waals surface area contributed by atoms with E-state index in [0.717, 1.165) is 59.0 Å². The lowest BCUT2D eigenvalue weighted by Crippen LogP contribution is -2.26. The van der Waals surface area contributed by atoms with Crippen molar-refractivity contribution < 1.29 is 13.2 Å². The second-order valence-electron chi connectivity index (χ2n) is 10.0. The molecular formula is C28H37N7O3S. The summed E-state index contributed by atoms with van der Waals surface area (Å²) in [7, 11) is 1.46. The highest BCUT2D eigenvalue weighted by molar-refractivity contribution is 7.70. The molecule has 10 nitrogen and oxygen atoms in total. The van der Waals surface area contributed by atoms with Crippen molar-refractivity contribution >= 4 is 45.1 Å². The lowest BCUT2D eigenvalue weighted by Gasteiger charge is -2.26. The first-order chi connectivity index (χ1) is 18.7. The molecule has 208 valence electrons. The van der Waals surface area contributed by atoms with E-state index in [0.29, 0.717) is 18.4 Å². The number of ether oxygens (including phenoxy) is 1. The predicted octanol–water partition coefficient (Wildman–Crippen LogP) is 4.51. The summed E-state index contributed by atoms with van der Waals surface area (Å²) >= 11 is 0. The summed E-state index contributed by atoms with van der Waals surface area (Å²) in [4.78, 5) is 15.0. The van der Waals surface area contributed by atoms with Crippen LogP contribution in [0.4, 0.5) is 23.1 Å². The third kappa shape index (κ3) is 7.47. The topological polar surface area (TPSA) is 124 Å². The molecule has 0 spiro atoms. The summed E-state index contributed by atoms with van der Waals surface area (Å²) in [6.07, 6.45) is 2.90. The average Bonchev–Trinajstić information content (AvgIpc) is 3.38. The van der Waals surface area contributed by atoms with E-state index in [1.807, 2.05) is 44.3 Å². The van der Waals surface area contributed by atoms with E-state index in [2.05, 4.69) is 62.4 Å².